The van der Waals surface area contributed by atoms with Gasteiger partial charge in [0.1, 0.15) is 5.69 Å². The van der Waals surface area contributed by atoms with Gasteiger partial charge >= 0.3 is 6.18 Å². The molecule has 2 rings (SSSR count). The number of rotatable bonds is 3. The summed E-state index contributed by atoms with van der Waals surface area (Å²) in [5.74, 6) is 0.104. The van der Waals surface area contributed by atoms with Crippen molar-refractivity contribution in [1.82, 2.24) is 14.9 Å². The highest BCUT2D eigenvalue weighted by Gasteiger charge is 2.33. The van der Waals surface area contributed by atoms with Gasteiger partial charge in [-0.25, -0.2) is 9.97 Å². The monoisotopic (exact) mass is 319 g/mol. The van der Waals surface area contributed by atoms with E-state index < -0.39 is 11.9 Å². The van der Waals surface area contributed by atoms with E-state index in [2.05, 4.69) is 14.9 Å². The Morgan fingerprint density at radius 3 is 2.48 bits per heavy atom. The third kappa shape index (κ3) is 3.79. The number of nitrogens with two attached hydrogens (primary N) is 1. The molecule has 9 heteroatoms. The number of thiocarbonyl (C=S) groups is 1. The molecule has 1 saturated heterocycles. The second kappa shape index (κ2) is 6.10. The van der Waals surface area contributed by atoms with Gasteiger partial charge < -0.3 is 10.6 Å². The molecule has 21 heavy (non-hydrogen) atoms. The quantitative estimate of drug-likeness (QED) is 0.848. The minimum Gasteiger partial charge on any atom is -0.392 e. The summed E-state index contributed by atoms with van der Waals surface area (Å²) in [5.41, 5.74) is 4.68. The number of anilines is 1. The molecule has 2 N–H and O–H groups in total. The molecule has 0 bridgehead atoms. The van der Waals surface area contributed by atoms with E-state index in [1.807, 2.05) is 6.92 Å². The summed E-state index contributed by atoms with van der Waals surface area (Å²) in [5, 5.41) is 0. The minimum atomic E-state index is -4.46. The van der Waals surface area contributed by atoms with Crippen molar-refractivity contribution in [3.05, 3.63) is 18.0 Å². The van der Waals surface area contributed by atoms with Gasteiger partial charge in [0.2, 0.25) is 5.95 Å². The van der Waals surface area contributed by atoms with Crippen LogP contribution in [0.4, 0.5) is 19.1 Å². The van der Waals surface area contributed by atoms with E-state index >= 15 is 0 Å². The van der Waals surface area contributed by atoms with Crippen molar-refractivity contribution in [2.45, 2.75) is 19.1 Å². The Labute approximate surface area is 125 Å². The zero-order valence-electron chi connectivity index (χ0n) is 11.5. The van der Waals surface area contributed by atoms with Gasteiger partial charge in [0.25, 0.3) is 0 Å². The first-order valence-corrected chi connectivity index (χ1v) is 6.88. The molecule has 1 atom stereocenters. The van der Waals surface area contributed by atoms with Crippen LogP contribution in [-0.4, -0.2) is 52.1 Å². The van der Waals surface area contributed by atoms with Crippen molar-refractivity contribution in [2.75, 3.05) is 31.1 Å². The van der Waals surface area contributed by atoms with Gasteiger partial charge in [-0.3, -0.25) is 4.90 Å². The Morgan fingerprint density at radius 2 is 1.95 bits per heavy atom. The van der Waals surface area contributed by atoms with Crippen molar-refractivity contribution >= 4 is 23.2 Å². The fourth-order valence-corrected chi connectivity index (χ4v) is 2.30. The lowest BCUT2D eigenvalue weighted by Gasteiger charge is -2.37. The third-order valence-electron chi connectivity index (χ3n) is 3.49. The second-order valence-corrected chi connectivity index (χ2v) is 5.31. The number of aromatic nitrogens is 2. The van der Waals surface area contributed by atoms with Crippen LogP contribution in [0.5, 0.6) is 0 Å². The normalized spacial score (nSPS) is 18.6. The fraction of sp³-hybridized carbons (Fsp3) is 0.583. The minimum absolute atomic E-state index is 0.0235. The first-order valence-electron chi connectivity index (χ1n) is 6.47. The Kier molecular flexibility index (Phi) is 4.62. The van der Waals surface area contributed by atoms with E-state index in [4.69, 9.17) is 18.0 Å². The summed E-state index contributed by atoms with van der Waals surface area (Å²) in [7, 11) is 0. The van der Waals surface area contributed by atoms with Gasteiger partial charge in [0.05, 0.1) is 11.0 Å². The highest BCUT2D eigenvalue weighted by Crippen LogP contribution is 2.28. The van der Waals surface area contributed by atoms with Crippen molar-refractivity contribution < 1.29 is 13.2 Å². The molecule has 1 aromatic rings. The van der Waals surface area contributed by atoms with E-state index in [0.29, 0.717) is 31.2 Å². The second-order valence-electron chi connectivity index (χ2n) is 4.84. The molecule has 0 radical (unpaired) electrons. The maximum Gasteiger partial charge on any atom is 0.433 e. The first-order chi connectivity index (χ1) is 9.79. The lowest BCUT2D eigenvalue weighted by Crippen LogP contribution is -2.53. The summed E-state index contributed by atoms with van der Waals surface area (Å²) in [6.07, 6.45) is -3.32. The van der Waals surface area contributed by atoms with Crippen LogP contribution in [0.2, 0.25) is 0 Å². The summed E-state index contributed by atoms with van der Waals surface area (Å²) < 4.78 is 37.9. The average molecular weight is 319 g/mol. The smallest absolute Gasteiger partial charge is 0.392 e. The van der Waals surface area contributed by atoms with Gasteiger partial charge in [-0.2, -0.15) is 13.2 Å². The van der Waals surface area contributed by atoms with Crippen LogP contribution >= 0.6 is 12.2 Å². The van der Waals surface area contributed by atoms with Gasteiger partial charge in [-0.15, -0.1) is 0 Å². The highest BCUT2D eigenvalue weighted by molar-refractivity contribution is 7.80. The van der Waals surface area contributed by atoms with Gasteiger partial charge in [0, 0.05) is 32.4 Å². The van der Waals surface area contributed by atoms with Crippen LogP contribution in [0, 0.1) is 0 Å². The molecule has 116 valence electrons. The van der Waals surface area contributed by atoms with E-state index in [1.54, 1.807) is 4.90 Å². The molecule has 5 nitrogen and oxygen atoms in total. The average Bonchev–Trinajstić information content (AvgIpc) is 2.46. The molecule has 2 heterocycles. The molecule has 0 amide bonds. The van der Waals surface area contributed by atoms with E-state index in [1.165, 1.54) is 0 Å². The van der Waals surface area contributed by atoms with Crippen LogP contribution in [0.15, 0.2) is 12.3 Å². The van der Waals surface area contributed by atoms with Crippen molar-refractivity contribution in [3.8, 4) is 0 Å². The molecule has 1 aromatic heterocycles. The number of piperazine rings is 1. The Bertz CT molecular complexity index is 514. The van der Waals surface area contributed by atoms with Crippen LogP contribution in [0.25, 0.3) is 0 Å². The van der Waals surface area contributed by atoms with Gasteiger partial charge in [0.15, 0.2) is 0 Å². The molecular formula is C12H16F3N5S. The number of nitrogens with zero attached hydrogens (tertiary/aromatic N) is 4. The van der Waals surface area contributed by atoms with Crippen LogP contribution < -0.4 is 10.6 Å². The van der Waals surface area contributed by atoms with E-state index in [0.717, 1.165) is 12.3 Å². The lowest BCUT2D eigenvalue weighted by molar-refractivity contribution is -0.141. The van der Waals surface area contributed by atoms with Gasteiger partial charge in [-0.05, 0) is 13.0 Å². The Hall–Kier alpha value is -1.48. The van der Waals surface area contributed by atoms with E-state index in [-0.39, 0.29) is 12.0 Å². The molecule has 1 fully saturated rings. The summed E-state index contributed by atoms with van der Waals surface area (Å²) in [6, 6.07) is 0.846. The predicted molar refractivity (Wildman–Crippen MR) is 77.1 cm³/mol. The molecule has 1 unspecified atom stereocenters. The highest BCUT2D eigenvalue weighted by atomic mass is 32.1. The number of halogens is 3. The predicted octanol–water partition coefficient (Wildman–Crippen LogP) is 1.29. The number of hydrogen-bond acceptors (Lipinski definition) is 5. The van der Waals surface area contributed by atoms with E-state index in [9.17, 15) is 13.2 Å². The topological polar surface area (TPSA) is 58.3 Å². The summed E-state index contributed by atoms with van der Waals surface area (Å²) in [4.78, 5) is 11.8. The maximum absolute atomic E-state index is 12.6. The fourth-order valence-electron chi connectivity index (χ4n) is 2.15. The van der Waals surface area contributed by atoms with Crippen LogP contribution in [-0.2, 0) is 6.18 Å². The molecule has 0 aromatic carbocycles. The van der Waals surface area contributed by atoms with Crippen molar-refractivity contribution in [1.29, 1.82) is 0 Å². The summed E-state index contributed by atoms with van der Waals surface area (Å²) >= 11 is 4.95. The van der Waals surface area contributed by atoms with Crippen LogP contribution in [0.3, 0.4) is 0 Å². The standard InChI is InChI=1S/C12H16F3N5S/c1-8(10(16)21)19-4-6-20(7-5-19)11-17-3-2-9(18-11)12(13,14)15/h2-3,8H,4-7H2,1H3,(H2,16,21). The third-order valence-corrected chi connectivity index (χ3v) is 3.83. The van der Waals surface area contributed by atoms with Crippen molar-refractivity contribution in [2.24, 2.45) is 5.73 Å². The summed E-state index contributed by atoms with van der Waals surface area (Å²) in [6.45, 7) is 4.29. The lowest BCUT2D eigenvalue weighted by atomic mass is 10.2. The molecule has 0 spiro atoms. The van der Waals surface area contributed by atoms with Crippen LogP contribution in [0.1, 0.15) is 12.6 Å². The molecular weight excluding hydrogens is 303 g/mol. The molecule has 0 saturated carbocycles. The zero-order chi connectivity index (χ0) is 15.6. The molecule has 1 aliphatic rings. The van der Waals surface area contributed by atoms with Gasteiger partial charge in [-0.1, -0.05) is 12.2 Å². The number of alkyl halides is 3. The van der Waals surface area contributed by atoms with Crippen molar-refractivity contribution in [3.63, 3.8) is 0 Å². The number of hydrogen-bond donors (Lipinski definition) is 1. The maximum atomic E-state index is 12.6. The first kappa shape index (κ1) is 15.9. The Balaban J connectivity index is 2.04. The SMILES string of the molecule is CC(C(N)=S)N1CCN(c2nccc(C(F)(F)F)n2)CC1. The Morgan fingerprint density at radius 1 is 1.33 bits per heavy atom. The largest absolute Gasteiger partial charge is 0.433 e. The molecule has 0 aliphatic carbocycles. The molecule has 1 aliphatic heterocycles. The zero-order valence-corrected chi connectivity index (χ0v) is 12.3.